The van der Waals surface area contributed by atoms with Crippen LogP contribution in [0.3, 0.4) is 0 Å². The lowest BCUT2D eigenvalue weighted by atomic mass is 10.1. The molecule has 2 unspecified atom stereocenters. The molecule has 2 aliphatic heterocycles. The minimum atomic E-state index is -0.00363. The molecule has 26 heavy (non-hydrogen) atoms. The van der Waals surface area contributed by atoms with E-state index in [4.69, 9.17) is 11.6 Å². The molecule has 1 N–H and O–H groups in total. The summed E-state index contributed by atoms with van der Waals surface area (Å²) in [5.74, 6) is -0.00363. The maximum absolute atomic E-state index is 13.2. The van der Waals surface area contributed by atoms with E-state index in [1.54, 1.807) is 4.68 Å². The molecule has 138 valence electrons. The summed E-state index contributed by atoms with van der Waals surface area (Å²) in [6.07, 6.45) is 5.04. The van der Waals surface area contributed by atoms with Gasteiger partial charge in [0.15, 0.2) is 5.69 Å². The fourth-order valence-electron chi connectivity index (χ4n) is 4.02. The Hall–Kier alpha value is -1.92. The molecule has 2 fully saturated rings. The van der Waals surface area contributed by atoms with Crippen LogP contribution in [0, 0.1) is 0 Å². The number of benzene rings is 1. The molecule has 1 amide bonds. The van der Waals surface area contributed by atoms with E-state index in [1.807, 2.05) is 29.2 Å². The standard InChI is InChI=1S/C19H24ClN5O/c1-2-4-17-18(22-23-25(17)16-6-3-5-13(20)11-16)19(26)24-10-9-14-7-8-15(12-24)21-14/h3,5-6,11,14-15,21H,2,4,7-10,12H2,1H3. The van der Waals surface area contributed by atoms with Gasteiger partial charge < -0.3 is 10.2 Å². The summed E-state index contributed by atoms with van der Waals surface area (Å²) in [7, 11) is 0. The Kier molecular flexibility index (Phi) is 4.96. The third kappa shape index (κ3) is 3.35. The maximum Gasteiger partial charge on any atom is 0.276 e. The molecular formula is C19H24ClN5O. The number of hydrogen-bond acceptors (Lipinski definition) is 4. The highest BCUT2D eigenvalue weighted by Gasteiger charge is 2.33. The van der Waals surface area contributed by atoms with Gasteiger partial charge in [0.2, 0.25) is 0 Å². The van der Waals surface area contributed by atoms with Crippen molar-refractivity contribution in [3.8, 4) is 5.69 Å². The zero-order valence-electron chi connectivity index (χ0n) is 15.0. The highest BCUT2D eigenvalue weighted by molar-refractivity contribution is 6.30. The highest BCUT2D eigenvalue weighted by atomic mass is 35.5. The summed E-state index contributed by atoms with van der Waals surface area (Å²) in [6.45, 7) is 3.63. The zero-order chi connectivity index (χ0) is 18.1. The number of nitrogens with zero attached hydrogens (tertiary/aromatic N) is 4. The van der Waals surface area contributed by atoms with Gasteiger partial charge in [-0.05, 0) is 43.9 Å². The van der Waals surface area contributed by atoms with E-state index in [-0.39, 0.29) is 5.91 Å². The molecule has 2 aromatic rings. The SMILES string of the molecule is CCCc1c(C(=O)N2CCC3CCC(C2)N3)nnn1-c1cccc(Cl)c1. The lowest BCUT2D eigenvalue weighted by Gasteiger charge is -2.23. The number of aromatic nitrogens is 3. The van der Waals surface area contributed by atoms with Crippen LogP contribution in [0.4, 0.5) is 0 Å². The van der Waals surface area contributed by atoms with Gasteiger partial charge in [-0.25, -0.2) is 4.68 Å². The summed E-state index contributed by atoms with van der Waals surface area (Å²) < 4.78 is 1.75. The number of nitrogens with one attached hydrogen (secondary N) is 1. The van der Waals surface area contributed by atoms with Crippen molar-refractivity contribution in [3.05, 3.63) is 40.7 Å². The smallest absolute Gasteiger partial charge is 0.276 e. The van der Waals surface area contributed by atoms with Gasteiger partial charge in [-0.1, -0.05) is 36.2 Å². The van der Waals surface area contributed by atoms with Gasteiger partial charge in [-0.15, -0.1) is 5.10 Å². The Bertz CT molecular complexity index is 805. The van der Waals surface area contributed by atoms with E-state index in [2.05, 4.69) is 22.6 Å². The first-order valence-corrected chi connectivity index (χ1v) is 9.79. The van der Waals surface area contributed by atoms with Gasteiger partial charge in [0.25, 0.3) is 5.91 Å². The third-order valence-corrected chi connectivity index (χ3v) is 5.55. The van der Waals surface area contributed by atoms with Crippen LogP contribution in [0.2, 0.25) is 5.02 Å². The van der Waals surface area contributed by atoms with Crippen molar-refractivity contribution < 1.29 is 4.79 Å². The Morgan fingerprint density at radius 1 is 1.31 bits per heavy atom. The number of amides is 1. The molecule has 0 aliphatic carbocycles. The Labute approximate surface area is 158 Å². The second kappa shape index (κ2) is 7.37. The van der Waals surface area contributed by atoms with E-state index in [0.717, 1.165) is 50.2 Å². The molecule has 0 spiro atoms. The number of carbonyl (C=O) groups is 1. The lowest BCUT2D eigenvalue weighted by molar-refractivity contribution is 0.0741. The van der Waals surface area contributed by atoms with Crippen molar-refractivity contribution in [2.45, 2.75) is 51.1 Å². The summed E-state index contributed by atoms with van der Waals surface area (Å²) in [4.78, 5) is 15.1. The summed E-state index contributed by atoms with van der Waals surface area (Å²) in [5.41, 5.74) is 2.18. The van der Waals surface area contributed by atoms with Gasteiger partial charge in [-0.3, -0.25) is 4.79 Å². The second-order valence-corrected chi connectivity index (χ2v) is 7.64. The monoisotopic (exact) mass is 373 g/mol. The van der Waals surface area contributed by atoms with Crippen LogP contribution < -0.4 is 5.32 Å². The van der Waals surface area contributed by atoms with Crippen LogP contribution in [0.15, 0.2) is 24.3 Å². The van der Waals surface area contributed by atoms with E-state index >= 15 is 0 Å². The van der Waals surface area contributed by atoms with Crippen molar-refractivity contribution in [1.82, 2.24) is 25.2 Å². The second-order valence-electron chi connectivity index (χ2n) is 7.20. The molecule has 2 atom stereocenters. The van der Waals surface area contributed by atoms with E-state index in [0.29, 0.717) is 22.8 Å². The van der Waals surface area contributed by atoms with Crippen molar-refractivity contribution in [2.24, 2.45) is 0 Å². The average Bonchev–Trinajstić information content (AvgIpc) is 3.18. The van der Waals surface area contributed by atoms with Crippen molar-refractivity contribution in [1.29, 1.82) is 0 Å². The average molecular weight is 374 g/mol. The Morgan fingerprint density at radius 2 is 2.15 bits per heavy atom. The molecule has 7 heteroatoms. The fraction of sp³-hybridized carbons (Fsp3) is 0.526. The highest BCUT2D eigenvalue weighted by Crippen LogP contribution is 2.23. The predicted octanol–water partition coefficient (Wildman–Crippen LogP) is 2.84. The Balaban J connectivity index is 1.64. The topological polar surface area (TPSA) is 63.1 Å². The Morgan fingerprint density at radius 3 is 2.96 bits per heavy atom. The molecule has 1 aromatic carbocycles. The molecule has 0 saturated carbocycles. The number of fused-ring (bicyclic) bond motifs is 2. The van der Waals surface area contributed by atoms with Crippen LogP contribution in [0.5, 0.6) is 0 Å². The van der Waals surface area contributed by atoms with Crippen LogP contribution >= 0.6 is 11.6 Å². The van der Waals surface area contributed by atoms with Crippen LogP contribution in [-0.2, 0) is 6.42 Å². The molecule has 2 saturated heterocycles. The number of halogens is 1. The predicted molar refractivity (Wildman–Crippen MR) is 101 cm³/mol. The van der Waals surface area contributed by atoms with Crippen molar-refractivity contribution in [2.75, 3.05) is 13.1 Å². The molecule has 1 aromatic heterocycles. The number of carbonyl (C=O) groups excluding carboxylic acids is 1. The van der Waals surface area contributed by atoms with Crippen LogP contribution in [-0.4, -0.2) is 51.0 Å². The van der Waals surface area contributed by atoms with Crippen LogP contribution in [0.25, 0.3) is 5.69 Å². The first kappa shape index (κ1) is 17.5. The number of likely N-dealkylation sites (tertiary alicyclic amines) is 1. The van der Waals surface area contributed by atoms with Crippen molar-refractivity contribution >= 4 is 17.5 Å². The van der Waals surface area contributed by atoms with E-state index < -0.39 is 0 Å². The van der Waals surface area contributed by atoms with Crippen molar-refractivity contribution in [3.63, 3.8) is 0 Å². The first-order valence-electron chi connectivity index (χ1n) is 9.41. The van der Waals surface area contributed by atoms with E-state index in [1.165, 1.54) is 6.42 Å². The summed E-state index contributed by atoms with van der Waals surface area (Å²) in [6, 6.07) is 8.45. The summed E-state index contributed by atoms with van der Waals surface area (Å²) >= 11 is 6.13. The fourth-order valence-corrected chi connectivity index (χ4v) is 4.21. The lowest BCUT2D eigenvalue weighted by Crippen LogP contribution is -2.39. The van der Waals surface area contributed by atoms with Gasteiger partial charge in [0.1, 0.15) is 0 Å². The normalized spacial score (nSPS) is 22.5. The quantitative estimate of drug-likeness (QED) is 0.895. The molecule has 2 bridgehead atoms. The summed E-state index contributed by atoms with van der Waals surface area (Å²) in [5, 5.41) is 12.8. The first-order chi connectivity index (χ1) is 12.7. The molecule has 3 heterocycles. The van der Waals surface area contributed by atoms with Gasteiger partial charge >= 0.3 is 0 Å². The maximum atomic E-state index is 13.2. The molecule has 0 radical (unpaired) electrons. The minimum Gasteiger partial charge on any atom is -0.336 e. The molecule has 2 aliphatic rings. The number of hydrogen-bond donors (Lipinski definition) is 1. The van der Waals surface area contributed by atoms with Gasteiger partial charge in [0.05, 0.1) is 11.4 Å². The largest absolute Gasteiger partial charge is 0.336 e. The minimum absolute atomic E-state index is 0.00363. The van der Waals surface area contributed by atoms with Gasteiger partial charge in [0, 0.05) is 30.2 Å². The molecule has 6 nitrogen and oxygen atoms in total. The third-order valence-electron chi connectivity index (χ3n) is 5.32. The zero-order valence-corrected chi connectivity index (χ0v) is 15.7. The molecular weight excluding hydrogens is 350 g/mol. The number of rotatable bonds is 4. The van der Waals surface area contributed by atoms with E-state index in [9.17, 15) is 4.79 Å². The molecule has 4 rings (SSSR count). The van der Waals surface area contributed by atoms with Crippen LogP contribution in [0.1, 0.15) is 48.8 Å². The van der Waals surface area contributed by atoms with Gasteiger partial charge in [-0.2, -0.15) is 0 Å².